The van der Waals surface area contributed by atoms with Gasteiger partial charge in [-0.05, 0) is 17.2 Å². The smallest absolute Gasteiger partial charge is 0.0534 e. The Hall–Kier alpha value is -0.600. The normalized spacial score (nSPS) is 10.5. The Morgan fingerprint density at radius 3 is 2.85 bits per heavy atom. The zero-order valence-electron chi connectivity index (χ0n) is 7.55. The lowest BCUT2D eigenvalue weighted by Crippen LogP contribution is -2.02. The van der Waals surface area contributed by atoms with E-state index in [4.69, 9.17) is 5.11 Å². The van der Waals surface area contributed by atoms with E-state index >= 15 is 0 Å². The van der Waals surface area contributed by atoms with E-state index in [0.29, 0.717) is 0 Å². The highest BCUT2D eigenvalue weighted by Crippen LogP contribution is 2.26. The van der Waals surface area contributed by atoms with E-state index < -0.39 is 0 Å². The molecule has 2 heteroatoms. The minimum Gasteiger partial charge on any atom is -0.395 e. The first-order chi connectivity index (χ1) is 6.20. The van der Waals surface area contributed by atoms with E-state index in [-0.39, 0.29) is 6.61 Å². The summed E-state index contributed by atoms with van der Waals surface area (Å²) in [6, 6.07) is 5.89. The second-order valence-electron chi connectivity index (χ2n) is 2.84. The van der Waals surface area contributed by atoms with Crippen molar-refractivity contribution in [1.29, 1.82) is 0 Å². The van der Waals surface area contributed by atoms with Gasteiger partial charge in [-0.15, -0.1) is 0 Å². The minimum atomic E-state index is 0.0806. The second-order valence-corrected chi connectivity index (χ2v) is 3.70. The van der Waals surface area contributed by atoms with Crippen LogP contribution < -0.4 is 0 Å². The lowest BCUT2D eigenvalue weighted by atomic mass is 9.96. The molecular formula is C11H12BrO. The average molecular weight is 240 g/mol. The number of rotatable bonds is 3. The summed E-state index contributed by atoms with van der Waals surface area (Å²) in [7, 11) is 0. The third kappa shape index (κ3) is 2.20. The summed E-state index contributed by atoms with van der Waals surface area (Å²) >= 11 is 3.44. The number of benzene rings is 1. The van der Waals surface area contributed by atoms with E-state index in [9.17, 15) is 0 Å². The Labute approximate surface area is 87.2 Å². The molecule has 0 aromatic heterocycles. The summed E-state index contributed by atoms with van der Waals surface area (Å²) in [6.07, 6.45) is 1.79. The van der Waals surface area contributed by atoms with Crippen molar-refractivity contribution in [3.63, 3.8) is 0 Å². The predicted molar refractivity (Wildman–Crippen MR) is 59.3 cm³/mol. The Morgan fingerprint density at radius 2 is 2.31 bits per heavy atom. The van der Waals surface area contributed by atoms with Gasteiger partial charge in [0.05, 0.1) is 6.61 Å². The Balaban J connectivity index is 3.19. The molecule has 1 nitrogen and oxygen atoms in total. The van der Waals surface area contributed by atoms with E-state index in [0.717, 1.165) is 21.5 Å². The molecule has 1 N–H and O–H groups in total. The molecule has 1 aromatic carbocycles. The van der Waals surface area contributed by atoms with Crippen LogP contribution in [0.2, 0.25) is 0 Å². The van der Waals surface area contributed by atoms with Crippen molar-refractivity contribution in [2.45, 2.75) is 6.92 Å². The van der Waals surface area contributed by atoms with Crippen molar-refractivity contribution in [2.75, 3.05) is 6.61 Å². The van der Waals surface area contributed by atoms with Crippen LogP contribution in [0.15, 0.2) is 29.3 Å². The van der Waals surface area contributed by atoms with Gasteiger partial charge < -0.3 is 5.11 Å². The molecule has 0 saturated carbocycles. The van der Waals surface area contributed by atoms with Crippen molar-refractivity contribution >= 4 is 22.0 Å². The van der Waals surface area contributed by atoms with Gasteiger partial charge in [-0.25, -0.2) is 0 Å². The highest BCUT2D eigenvalue weighted by molar-refractivity contribution is 9.10. The maximum absolute atomic E-state index is 9.01. The molecular weight excluding hydrogens is 228 g/mol. The van der Waals surface area contributed by atoms with Gasteiger partial charge in [-0.1, -0.05) is 47.6 Å². The quantitative estimate of drug-likeness (QED) is 0.860. The van der Waals surface area contributed by atoms with Crippen LogP contribution in [-0.2, 0) is 0 Å². The van der Waals surface area contributed by atoms with Crippen LogP contribution in [0.1, 0.15) is 18.1 Å². The topological polar surface area (TPSA) is 20.2 Å². The number of hydrogen-bond donors (Lipinski definition) is 1. The van der Waals surface area contributed by atoms with Crippen molar-refractivity contribution in [3.8, 4) is 0 Å². The maximum atomic E-state index is 9.01. The van der Waals surface area contributed by atoms with Crippen LogP contribution in [0, 0.1) is 5.92 Å². The molecule has 0 spiro atoms. The fourth-order valence-electron chi connectivity index (χ4n) is 1.20. The first kappa shape index (κ1) is 10.5. The summed E-state index contributed by atoms with van der Waals surface area (Å²) in [6.45, 7) is 5.74. The summed E-state index contributed by atoms with van der Waals surface area (Å²) in [4.78, 5) is 0. The van der Waals surface area contributed by atoms with Gasteiger partial charge in [0.2, 0.25) is 0 Å². The molecule has 0 saturated heterocycles. The van der Waals surface area contributed by atoms with Gasteiger partial charge in [-0.3, -0.25) is 0 Å². The van der Waals surface area contributed by atoms with Gasteiger partial charge >= 0.3 is 0 Å². The Morgan fingerprint density at radius 1 is 1.62 bits per heavy atom. The number of hydrogen-bond acceptors (Lipinski definition) is 1. The summed E-state index contributed by atoms with van der Waals surface area (Å²) < 4.78 is 1.01. The van der Waals surface area contributed by atoms with E-state index in [1.807, 2.05) is 25.1 Å². The van der Waals surface area contributed by atoms with Crippen LogP contribution >= 0.6 is 15.9 Å². The lowest BCUT2D eigenvalue weighted by molar-refractivity contribution is 0.315. The van der Waals surface area contributed by atoms with E-state index in [1.54, 1.807) is 6.08 Å². The molecule has 0 heterocycles. The first-order valence-electron chi connectivity index (χ1n) is 4.05. The standard InChI is InChI=1S/C11H12BrO/c1-3-9-10(8(2)7-13)5-4-6-11(9)12/h3-6,13H,1,7H2,2H3. The molecule has 1 aromatic rings. The summed E-state index contributed by atoms with van der Waals surface area (Å²) in [5, 5.41) is 9.01. The van der Waals surface area contributed by atoms with Gasteiger partial charge in [-0.2, -0.15) is 0 Å². The Kier molecular flexibility index (Phi) is 3.70. The molecule has 0 fully saturated rings. The van der Waals surface area contributed by atoms with Crippen LogP contribution in [0.3, 0.4) is 0 Å². The number of aliphatic hydroxyl groups excluding tert-OH is 1. The third-order valence-electron chi connectivity index (χ3n) is 1.95. The van der Waals surface area contributed by atoms with Crippen LogP contribution in [0.5, 0.6) is 0 Å². The zero-order chi connectivity index (χ0) is 9.84. The van der Waals surface area contributed by atoms with E-state index in [1.165, 1.54) is 0 Å². The van der Waals surface area contributed by atoms with Crippen molar-refractivity contribution in [3.05, 3.63) is 46.3 Å². The monoisotopic (exact) mass is 239 g/mol. The molecule has 1 rings (SSSR count). The maximum Gasteiger partial charge on any atom is 0.0534 e. The molecule has 0 bridgehead atoms. The fourth-order valence-corrected chi connectivity index (χ4v) is 1.73. The average Bonchev–Trinajstić information content (AvgIpc) is 2.16. The molecule has 13 heavy (non-hydrogen) atoms. The molecule has 0 unspecified atom stereocenters. The fraction of sp³-hybridized carbons (Fsp3) is 0.182. The largest absolute Gasteiger partial charge is 0.395 e. The predicted octanol–water partition coefficient (Wildman–Crippen LogP) is 3.03. The van der Waals surface area contributed by atoms with Gasteiger partial charge in [0.1, 0.15) is 0 Å². The second kappa shape index (κ2) is 4.58. The van der Waals surface area contributed by atoms with Gasteiger partial charge in [0, 0.05) is 10.4 Å². The van der Waals surface area contributed by atoms with Crippen molar-refractivity contribution in [1.82, 2.24) is 0 Å². The number of aliphatic hydroxyl groups is 1. The molecule has 0 aliphatic rings. The minimum absolute atomic E-state index is 0.0806. The lowest BCUT2D eigenvalue weighted by Gasteiger charge is -2.12. The van der Waals surface area contributed by atoms with Gasteiger partial charge in [0.25, 0.3) is 0 Å². The third-order valence-corrected chi connectivity index (χ3v) is 2.65. The first-order valence-corrected chi connectivity index (χ1v) is 4.84. The van der Waals surface area contributed by atoms with Crippen LogP contribution in [-0.4, -0.2) is 11.7 Å². The summed E-state index contributed by atoms with van der Waals surface area (Å²) in [5.74, 6) is 0.955. The highest BCUT2D eigenvalue weighted by Gasteiger charge is 2.09. The molecule has 1 radical (unpaired) electrons. The van der Waals surface area contributed by atoms with Gasteiger partial charge in [0.15, 0.2) is 0 Å². The Bertz CT molecular complexity index is 307. The van der Waals surface area contributed by atoms with Crippen molar-refractivity contribution in [2.24, 2.45) is 0 Å². The molecule has 0 amide bonds. The van der Waals surface area contributed by atoms with E-state index in [2.05, 4.69) is 22.5 Å². The zero-order valence-corrected chi connectivity index (χ0v) is 9.13. The number of halogens is 1. The van der Waals surface area contributed by atoms with Crippen molar-refractivity contribution < 1.29 is 5.11 Å². The molecule has 0 atom stereocenters. The molecule has 0 aliphatic carbocycles. The van der Waals surface area contributed by atoms with Crippen LogP contribution in [0.25, 0.3) is 6.08 Å². The molecule has 0 aliphatic heterocycles. The SMILES string of the molecule is C=Cc1c(Br)cccc1[C](C)CO. The van der Waals surface area contributed by atoms with Crippen LogP contribution in [0.4, 0.5) is 0 Å². The highest BCUT2D eigenvalue weighted by atomic mass is 79.9. The molecule has 69 valence electrons. The summed E-state index contributed by atoms with van der Waals surface area (Å²) in [5.41, 5.74) is 2.08.